The van der Waals surface area contributed by atoms with Gasteiger partial charge in [0.05, 0.1) is 5.02 Å². The van der Waals surface area contributed by atoms with E-state index in [1.54, 1.807) is 13.8 Å². The van der Waals surface area contributed by atoms with Crippen LogP contribution in [0.3, 0.4) is 0 Å². The molecule has 0 aliphatic rings. The molecule has 108 valence electrons. The van der Waals surface area contributed by atoms with E-state index in [4.69, 9.17) is 17.3 Å². The van der Waals surface area contributed by atoms with Gasteiger partial charge in [-0.2, -0.15) is 0 Å². The van der Waals surface area contributed by atoms with Crippen molar-refractivity contribution in [3.63, 3.8) is 0 Å². The molecule has 5 nitrogen and oxygen atoms in total. The highest BCUT2D eigenvalue weighted by Crippen LogP contribution is 2.26. The zero-order valence-corrected chi connectivity index (χ0v) is 13.2. The zero-order valence-electron chi connectivity index (χ0n) is 10.8. The molecule has 0 fully saturated rings. The second-order valence-electron chi connectivity index (χ2n) is 3.97. The first-order valence-electron chi connectivity index (χ1n) is 5.68. The summed E-state index contributed by atoms with van der Waals surface area (Å²) in [7, 11) is -4.75. The number of aryl methyl sites for hydroxylation is 1. The molecule has 0 spiro atoms. The SMILES string of the molecule is CCS(=O)CCNS(=O)(=O)c1cc(N)c(C)cc1Cl. The number of nitrogens with one attached hydrogen (secondary N) is 1. The highest BCUT2D eigenvalue weighted by Gasteiger charge is 2.18. The Bertz CT molecular complexity index is 588. The van der Waals surface area contributed by atoms with Crippen molar-refractivity contribution in [3.8, 4) is 0 Å². The molecule has 19 heavy (non-hydrogen) atoms. The number of sulfonamides is 1. The first-order chi connectivity index (χ1) is 8.77. The lowest BCUT2D eigenvalue weighted by Gasteiger charge is -2.10. The van der Waals surface area contributed by atoms with Crippen LogP contribution in [0.5, 0.6) is 0 Å². The molecule has 0 bridgehead atoms. The predicted molar refractivity (Wildman–Crippen MR) is 79.3 cm³/mol. The largest absolute Gasteiger partial charge is 0.398 e. The van der Waals surface area contributed by atoms with E-state index in [0.717, 1.165) is 5.56 Å². The summed E-state index contributed by atoms with van der Waals surface area (Å²) in [6.45, 7) is 3.63. The number of halogens is 1. The molecule has 1 rings (SSSR count). The van der Waals surface area contributed by atoms with Crippen molar-refractivity contribution in [2.24, 2.45) is 0 Å². The van der Waals surface area contributed by atoms with E-state index in [-0.39, 0.29) is 22.2 Å². The summed E-state index contributed by atoms with van der Waals surface area (Å²) in [5.74, 6) is 0.772. The van der Waals surface area contributed by atoms with Gasteiger partial charge < -0.3 is 5.73 Å². The normalized spacial score (nSPS) is 13.4. The van der Waals surface area contributed by atoms with E-state index < -0.39 is 20.8 Å². The van der Waals surface area contributed by atoms with Crippen LogP contribution in [-0.4, -0.2) is 30.7 Å². The maximum atomic E-state index is 12.0. The van der Waals surface area contributed by atoms with Crippen LogP contribution in [0.25, 0.3) is 0 Å². The summed E-state index contributed by atoms with van der Waals surface area (Å²) in [6, 6.07) is 2.84. The predicted octanol–water partition coefficient (Wildman–Crippen LogP) is 1.28. The van der Waals surface area contributed by atoms with Crippen LogP contribution in [-0.2, 0) is 20.8 Å². The van der Waals surface area contributed by atoms with Crippen LogP contribution in [0.2, 0.25) is 5.02 Å². The third-order valence-electron chi connectivity index (χ3n) is 2.55. The van der Waals surface area contributed by atoms with Gasteiger partial charge in [-0.05, 0) is 24.6 Å². The molecule has 0 aromatic heterocycles. The van der Waals surface area contributed by atoms with E-state index in [9.17, 15) is 12.6 Å². The van der Waals surface area contributed by atoms with Crippen LogP contribution < -0.4 is 10.5 Å². The summed E-state index contributed by atoms with van der Waals surface area (Å²) in [5.41, 5.74) is 6.77. The lowest BCUT2D eigenvalue weighted by atomic mass is 10.2. The zero-order chi connectivity index (χ0) is 14.6. The molecule has 1 aromatic carbocycles. The Labute approximate surface area is 121 Å². The number of nitrogens with two attached hydrogens (primary N) is 1. The van der Waals surface area contributed by atoms with Gasteiger partial charge in [-0.1, -0.05) is 18.5 Å². The average molecular weight is 325 g/mol. The second kappa shape index (κ2) is 6.69. The van der Waals surface area contributed by atoms with Gasteiger partial charge in [0.15, 0.2) is 0 Å². The van der Waals surface area contributed by atoms with Gasteiger partial charge >= 0.3 is 0 Å². The van der Waals surface area contributed by atoms with E-state index >= 15 is 0 Å². The number of anilines is 1. The molecule has 0 heterocycles. The molecule has 1 aromatic rings. The Morgan fingerprint density at radius 1 is 1.42 bits per heavy atom. The minimum Gasteiger partial charge on any atom is -0.398 e. The van der Waals surface area contributed by atoms with E-state index in [1.165, 1.54) is 12.1 Å². The first-order valence-corrected chi connectivity index (χ1v) is 9.03. The van der Waals surface area contributed by atoms with Gasteiger partial charge in [0.1, 0.15) is 4.90 Å². The van der Waals surface area contributed by atoms with Crippen LogP contribution >= 0.6 is 11.6 Å². The third-order valence-corrected chi connectivity index (χ3v) is 5.78. The Kier molecular flexibility index (Phi) is 5.79. The van der Waals surface area contributed by atoms with E-state index in [0.29, 0.717) is 11.4 Å². The quantitative estimate of drug-likeness (QED) is 0.771. The monoisotopic (exact) mass is 324 g/mol. The number of benzene rings is 1. The lowest BCUT2D eigenvalue weighted by Crippen LogP contribution is -2.28. The fourth-order valence-corrected chi connectivity index (χ4v) is 3.78. The lowest BCUT2D eigenvalue weighted by molar-refractivity contribution is 0.584. The summed E-state index contributed by atoms with van der Waals surface area (Å²) in [4.78, 5) is -0.0560. The van der Waals surface area contributed by atoms with Gasteiger partial charge in [-0.3, -0.25) is 4.21 Å². The fraction of sp³-hybridized carbons (Fsp3) is 0.455. The van der Waals surface area contributed by atoms with Gasteiger partial charge in [0.2, 0.25) is 10.0 Å². The third kappa shape index (κ3) is 4.45. The number of nitrogen functional groups attached to an aromatic ring is 1. The Balaban J connectivity index is 2.89. The molecule has 0 amide bonds. The average Bonchev–Trinajstić information content (AvgIpc) is 2.33. The summed E-state index contributed by atoms with van der Waals surface area (Å²) >= 11 is 5.92. The Hall–Kier alpha value is -0.630. The molecule has 0 saturated carbocycles. The molecular weight excluding hydrogens is 308 g/mol. The molecule has 0 radical (unpaired) electrons. The molecule has 0 aliphatic carbocycles. The molecule has 3 N–H and O–H groups in total. The second-order valence-corrected chi connectivity index (χ2v) is 7.98. The van der Waals surface area contributed by atoms with Crippen molar-refractivity contribution in [3.05, 3.63) is 22.7 Å². The van der Waals surface area contributed by atoms with Gasteiger partial charge in [0.25, 0.3) is 0 Å². The maximum absolute atomic E-state index is 12.0. The molecule has 8 heteroatoms. The number of rotatable bonds is 6. The van der Waals surface area contributed by atoms with Crippen molar-refractivity contribution in [2.75, 3.05) is 23.8 Å². The van der Waals surface area contributed by atoms with Gasteiger partial charge in [0, 0.05) is 34.5 Å². The summed E-state index contributed by atoms with van der Waals surface area (Å²) in [6.07, 6.45) is 0. The topological polar surface area (TPSA) is 89.3 Å². The van der Waals surface area contributed by atoms with E-state index in [1.807, 2.05) is 0 Å². The first kappa shape index (κ1) is 16.4. The fourth-order valence-electron chi connectivity index (χ4n) is 1.39. The van der Waals surface area contributed by atoms with Crippen molar-refractivity contribution in [2.45, 2.75) is 18.7 Å². The van der Waals surface area contributed by atoms with E-state index in [2.05, 4.69) is 4.72 Å². The van der Waals surface area contributed by atoms with Gasteiger partial charge in [-0.25, -0.2) is 13.1 Å². The van der Waals surface area contributed by atoms with Crippen molar-refractivity contribution in [1.82, 2.24) is 4.72 Å². The Morgan fingerprint density at radius 2 is 2.05 bits per heavy atom. The van der Waals surface area contributed by atoms with Crippen LogP contribution in [0.15, 0.2) is 17.0 Å². The smallest absolute Gasteiger partial charge is 0.242 e. The molecule has 0 saturated heterocycles. The molecule has 1 unspecified atom stereocenters. The molecular formula is C11H17ClN2O3S2. The van der Waals surface area contributed by atoms with Crippen LogP contribution in [0, 0.1) is 6.92 Å². The molecule has 0 aliphatic heterocycles. The molecule has 1 atom stereocenters. The van der Waals surface area contributed by atoms with Crippen LogP contribution in [0.4, 0.5) is 5.69 Å². The minimum atomic E-state index is -3.73. The van der Waals surface area contributed by atoms with Crippen molar-refractivity contribution < 1.29 is 12.6 Å². The summed E-state index contributed by atoms with van der Waals surface area (Å²) in [5, 5.41) is 0.121. The summed E-state index contributed by atoms with van der Waals surface area (Å²) < 4.78 is 37.7. The van der Waals surface area contributed by atoms with Gasteiger partial charge in [-0.15, -0.1) is 0 Å². The number of hydrogen-bond donors (Lipinski definition) is 2. The highest BCUT2D eigenvalue weighted by atomic mass is 35.5. The van der Waals surface area contributed by atoms with Crippen molar-refractivity contribution >= 4 is 38.1 Å². The Morgan fingerprint density at radius 3 is 2.63 bits per heavy atom. The highest BCUT2D eigenvalue weighted by molar-refractivity contribution is 7.89. The van der Waals surface area contributed by atoms with Crippen molar-refractivity contribution in [1.29, 1.82) is 0 Å². The van der Waals surface area contributed by atoms with Crippen LogP contribution in [0.1, 0.15) is 12.5 Å². The minimum absolute atomic E-state index is 0.0560. The number of hydrogen-bond acceptors (Lipinski definition) is 4. The standard InChI is InChI=1S/C11H17ClN2O3S2/c1-3-18(15)5-4-14-19(16,17)11-7-10(13)8(2)6-9(11)12/h6-7,14H,3-5,13H2,1-2H3. The maximum Gasteiger partial charge on any atom is 0.242 e.